The second-order valence-electron chi connectivity index (χ2n) is 6.26. The Morgan fingerprint density at radius 3 is 2.45 bits per heavy atom. The summed E-state index contributed by atoms with van der Waals surface area (Å²) in [4.78, 5) is 0. The fraction of sp³-hybridized carbons (Fsp3) is 0.364. The van der Waals surface area contributed by atoms with Gasteiger partial charge < -0.3 is 0 Å². The minimum atomic E-state index is 1.18. The molecule has 113 valence electrons. The molecule has 0 amide bonds. The van der Waals surface area contributed by atoms with Crippen molar-refractivity contribution in [1.29, 1.82) is 0 Å². The van der Waals surface area contributed by atoms with E-state index in [1.165, 1.54) is 72.1 Å². The number of rotatable bonds is 7. The maximum atomic E-state index is 3.64. The first-order chi connectivity index (χ1) is 10.9. The molecule has 0 heterocycles. The van der Waals surface area contributed by atoms with Crippen molar-refractivity contribution in [3.63, 3.8) is 0 Å². The van der Waals surface area contributed by atoms with Gasteiger partial charge in [-0.1, -0.05) is 81.5 Å². The Hall–Kier alpha value is -1.82. The third kappa shape index (κ3) is 3.50. The van der Waals surface area contributed by atoms with Gasteiger partial charge in [-0.15, -0.1) is 0 Å². The van der Waals surface area contributed by atoms with E-state index in [2.05, 4.69) is 61.5 Å². The van der Waals surface area contributed by atoms with Crippen molar-refractivity contribution < 1.29 is 0 Å². The summed E-state index contributed by atoms with van der Waals surface area (Å²) in [5, 5.41) is 5.15. The van der Waals surface area contributed by atoms with Gasteiger partial charge in [0.05, 0.1) is 0 Å². The molecule has 0 aliphatic carbocycles. The van der Waals surface area contributed by atoms with E-state index in [1.54, 1.807) is 0 Å². The summed E-state index contributed by atoms with van der Waals surface area (Å²) in [6, 6.07) is 21.2. The lowest BCUT2D eigenvalue weighted by atomic mass is 9.96. The normalized spacial score (nSPS) is 11.3. The highest BCUT2D eigenvalue weighted by Gasteiger charge is 2.03. The highest BCUT2D eigenvalue weighted by molar-refractivity contribution is 5.98. The molecule has 0 atom stereocenters. The van der Waals surface area contributed by atoms with Crippen LogP contribution in [0.25, 0.3) is 21.5 Å². The van der Waals surface area contributed by atoms with Crippen LogP contribution in [0.1, 0.15) is 51.0 Å². The van der Waals surface area contributed by atoms with Crippen molar-refractivity contribution >= 4 is 21.5 Å². The number of hydrogen-bond acceptors (Lipinski definition) is 0. The maximum absolute atomic E-state index is 3.64. The quantitative estimate of drug-likeness (QED) is 0.335. The van der Waals surface area contributed by atoms with Gasteiger partial charge in [-0.2, -0.15) is 0 Å². The Balaban J connectivity index is 1.76. The third-order valence-electron chi connectivity index (χ3n) is 4.51. The smallest absolute Gasteiger partial charge is 0.00115 e. The molecule has 0 saturated heterocycles. The predicted octanol–water partition coefficient (Wildman–Crippen LogP) is 6.70. The fourth-order valence-electron chi connectivity index (χ4n) is 3.24. The second kappa shape index (κ2) is 7.45. The molecule has 3 rings (SSSR count). The van der Waals surface area contributed by atoms with Gasteiger partial charge in [-0.25, -0.2) is 0 Å². The Labute approximate surface area is 134 Å². The Kier molecular flexibility index (Phi) is 5.11. The molecule has 1 radical (unpaired) electrons. The van der Waals surface area contributed by atoms with Gasteiger partial charge >= 0.3 is 0 Å². The lowest BCUT2D eigenvalue weighted by Crippen LogP contribution is -1.89. The summed E-state index contributed by atoms with van der Waals surface area (Å²) in [7, 11) is 0. The van der Waals surface area contributed by atoms with E-state index < -0.39 is 0 Å². The first-order valence-electron chi connectivity index (χ1n) is 8.71. The van der Waals surface area contributed by atoms with E-state index in [-0.39, 0.29) is 0 Å². The van der Waals surface area contributed by atoms with Gasteiger partial charge in [0.25, 0.3) is 0 Å². The number of unbranched alkanes of at least 4 members (excludes halogenated alkanes) is 5. The van der Waals surface area contributed by atoms with E-state index in [9.17, 15) is 0 Å². The Morgan fingerprint density at radius 2 is 1.55 bits per heavy atom. The average Bonchev–Trinajstić information content (AvgIpc) is 2.56. The van der Waals surface area contributed by atoms with Crippen LogP contribution in [0.2, 0.25) is 0 Å². The summed E-state index contributed by atoms with van der Waals surface area (Å²) in [5.74, 6) is 0. The molecule has 0 heteroatoms. The van der Waals surface area contributed by atoms with Crippen molar-refractivity contribution in [3.8, 4) is 0 Å². The highest BCUT2D eigenvalue weighted by atomic mass is 14.1. The van der Waals surface area contributed by atoms with Gasteiger partial charge in [0.2, 0.25) is 0 Å². The van der Waals surface area contributed by atoms with Crippen molar-refractivity contribution in [1.82, 2.24) is 0 Å². The van der Waals surface area contributed by atoms with Crippen LogP contribution in [-0.2, 0) is 6.42 Å². The standard InChI is InChI=1S/C22H25/c1-2-3-4-5-6-7-11-18-14-10-15-21-16-19-12-8-9-13-20(19)17-22(18)21/h8-10,12-16H,2-7,11H2,1H3. The van der Waals surface area contributed by atoms with Crippen molar-refractivity contribution in [2.75, 3.05) is 0 Å². The van der Waals surface area contributed by atoms with Gasteiger partial charge in [0, 0.05) is 0 Å². The molecule has 22 heavy (non-hydrogen) atoms. The lowest BCUT2D eigenvalue weighted by Gasteiger charge is -2.08. The zero-order valence-electron chi connectivity index (χ0n) is 13.6. The van der Waals surface area contributed by atoms with Gasteiger partial charge in [-0.05, 0) is 52.1 Å². The van der Waals surface area contributed by atoms with E-state index in [0.29, 0.717) is 0 Å². The fourth-order valence-corrected chi connectivity index (χ4v) is 3.24. The number of aryl methyl sites for hydroxylation is 1. The first kappa shape index (κ1) is 15.1. The zero-order valence-corrected chi connectivity index (χ0v) is 13.6. The summed E-state index contributed by atoms with van der Waals surface area (Å²) >= 11 is 0. The molecule has 0 aliphatic rings. The number of fused-ring (bicyclic) bond motifs is 2. The monoisotopic (exact) mass is 289 g/mol. The van der Waals surface area contributed by atoms with Gasteiger partial charge in [0.1, 0.15) is 0 Å². The maximum Gasteiger partial charge on any atom is -0.00115 e. The van der Waals surface area contributed by atoms with E-state index >= 15 is 0 Å². The van der Waals surface area contributed by atoms with Crippen molar-refractivity contribution in [2.24, 2.45) is 0 Å². The topological polar surface area (TPSA) is 0 Å². The molecular weight excluding hydrogens is 264 g/mol. The molecule has 0 nitrogen and oxygen atoms in total. The van der Waals surface area contributed by atoms with Crippen LogP contribution < -0.4 is 0 Å². The molecule has 0 spiro atoms. The minimum absolute atomic E-state index is 1.18. The van der Waals surface area contributed by atoms with Crippen molar-refractivity contribution in [3.05, 3.63) is 60.2 Å². The van der Waals surface area contributed by atoms with E-state index in [0.717, 1.165) is 0 Å². The molecule has 0 fully saturated rings. The minimum Gasteiger partial charge on any atom is -0.0654 e. The number of hydrogen-bond donors (Lipinski definition) is 0. The molecule has 0 unspecified atom stereocenters. The SMILES string of the molecule is CCCCCCCCc1cccc2cc3ccccc3[c]c12. The van der Waals surface area contributed by atoms with Crippen LogP contribution in [0.5, 0.6) is 0 Å². The molecule has 3 aromatic carbocycles. The summed E-state index contributed by atoms with van der Waals surface area (Å²) < 4.78 is 0. The van der Waals surface area contributed by atoms with Crippen LogP contribution >= 0.6 is 0 Å². The average molecular weight is 289 g/mol. The van der Waals surface area contributed by atoms with Gasteiger partial charge in [0.15, 0.2) is 0 Å². The summed E-state index contributed by atoms with van der Waals surface area (Å²) in [6.45, 7) is 2.27. The lowest BCUT2D eigenvalue weighted by molar-refractivity contribution is 0.608. The van der Waals surface area contributed by atoms with E-state index in [1.807, 2.05) is 0 Å². The Morgan fingerprint density at radius 1 is 0.773 bits per heavy atom. The first-order valence-corrected chi connectivity index (χ1v) is 8.71. The molecule has 3 aromatic rings. The van der Waals surface area contributed by atoms with Crippen LogP contribution in [0.15, 0.2) is 48.5 Å². The molecule has 0 bridgehead atoms. The molecule has 0 aromatic heterocycles. The third-order valence-corrected chi connectivity index (χ3v) is 4.51. The predicted molar refractivity (Wildman–Crippen MR) is 97.4 cm³/mol. The zero-order chi connectivity index (χ0) is 15.2. The largest absolute Gasteiger partial charge is 0.0654 e. The highest BCUT2D eigenvalue weighted by Crippen LogP contribution is 2.26. The Bertz CT molecular complexity index is 739. The van der Waals surface area contributed by atoms with Crippen LogP contribution in [0.3, 0.4) is 0 Å². The molecule has 0 aliphatic heterocycles. The summed E-state index contributed by atoms with van der Waals surface area (Å²) in [5.41, 5.74) is 1.46. The van der Waals surface area contributed by atoms with Crippen LogP contribution in [0.4, 0.5) is 0 Å². The molecular formula is C22H25. The molecule has 0 saturated carbocycles. The molecule has 0 N–H and O–H groups in total. The van der Waals surface area contributed by atoms with Crippen LogP contribution in [0, 0.1) is 6.07 Å². The van der Waals surface area contributed by atoms with Gasteiger partial charge in [-0.3, -0.25) is 0 Å². The van der Waals surface area contributed by atoms with Crippen LogP contribution in [-0.4, -0.2) is 0 Å². The number of benzene rings is 3. The summed E-state index contributed by atoms with van der Waals surface area (Å²) in [6.07, 6.45) is 9.30. The van der Waals surface area contributed by atoms with Crippen molar-refractivity contribution in [2.45, 2.75) is 51.9 Å². The second-order valence-corrected chi connectivity index (χ2v) is 6.26. The van der Waals surface area contributed by atoms with E-state index in [4.69, 9.17) is 0 Å².